The van der Waals surface area contributed by atoms with Crippen molar-refractivity contribution in [2.45, 2.75) is 13.8 Å². The van der Waals surface area contributed by atoms with Crippen LogP contribution in [0.1, 0.15) is 21.5 Å². The smallest absolute Gasteiger partial charge is 0.338 e. The van der Waals surface area contributed by atoms with Gasteiger partial charge in [-0.3, -0.25) is 10.1 Å². The second-order valence-corrected chi connectivity index (χ2v) is 7.60. The topological polar surface area (TPSA) is 104 Å². The summed E-state index contributed by atoms with van der Waals surface area (Å²) in [6.45, 7) is 3.60. The van der Waals surface area contributed by atoms with Crippen molar-refractivity contribution >= 4 is 57.6 Å². The first-order chi connectivity index (χ1) is 14.6. The molecule has 31 heavy (non-hydrogen) atoms. The highest BCUT2D eigenvalue weighted by Crippen LogP contribution is 2.40. The van der Waals surface area contributed by atoms with E-state index in [4.69, 9.17) is 23.2 Å². The fourth-order valence-corrected chi connectivity index (χ4v) is 3.47. The number of nitrogens with zero attached hydrogens (tertiary/aromatic N) is 1. The number of benzene rings is 3. The molecule has 0 saturated heterocycles. The Labute approximate surface area is 186 Å². The number of rotatable bonds is 6. The first-order valence-corrected chi connectivity index (χ1v) is 9.64. The van der Waals surface area contributed by atoms with E-state index in [9.17, 15) is 20.0 Å². The van der Waals surface area contributed by atoms with Gasteiger partial charge in [0, 0.05) is 6.07 Å². The van der Waals surface area contributed by atoms with Crippen LogP contribution >= 0.6 is 23.2 Å². The fraction of sp³-hybridized carbons (Fsp3) is 0.0952. The first kappa shape index (κ1) is 22.3. The number of aromatic carboxylic acids is 1. The number of nitro benzene ring substituents is 1. The lowest BCUT2D eigenvalue weighted by molar-refractivity contribution is -0.384. The van der Waals surface area contributed by atoms with E-state index >= 15 is 4.39 Å². The number of carbonyl (C=O) groups is 1. The van der Waals surface area contributed by atoms with E-state index in [1.165, 1.54) is 6.07 Å². The van der Waals surface area contributed by atoms with Crippen molar-refractivity contribution in [2.24, 2.45) is 0 Å². The summed E-state index contributed by atoms with van der Waals surface area (Å²) in [5.74, 6) is -2.72. The number of carboxylic acids is 1. The molecule has 160 valence electrons. The first-order valence-electron chi connectivity index (χ1n) is 8.89. The van der Waals surface area contributed by atoms with Crippen molar-refractivity contribution in [3.63, 3.8) is 0 Å². The maximum Gasteiger partial charge on any atom is 0.338 e. The Bertz CT molecular complexity index is 1130. The third-order valence-electron chi connectivity index (χ3n) is 4.44. The van der Waals surface area contributed by atoms with Gasteiger partial charge in [0.1, 0.15) is 0 Å². The molecule has 0 unspecified atom stereocenters. The van der Waals surface area contributed by atoms with E-state index in [0.29, 0.717) is 0 Å². The monoisotopic (exact) mass is 463 g/mol. The molecule has 3 N–H and O–H groups in total. The molecule has 0 spiro atoms. The molecule has 0 atom stereocenters. The van der Waals surface area contributed by atoms with Gasteiger partial charge in [-0.15, -0.1) is 0 Å². The van der Waals surface area contributed by atoms with Crippen LogP contribution in [0.15, 0.2) is 42.5 Å². The van der Waals surface area contributed by atoms with Crippen molar-refractivity contribution < 1.29 is 19.2 Å². The summed E-state index contributed by atoms with van der Waals surface area (Å²) in [6.07, 6.45) is 0. The SMILES string of the molecule is Cc1ccc(Nc2c(C(=O)O)cc([N+](=O)[O-])c(Nc3ccc(C)cc3Cl)c2F)c(Cl)c1. The van der Waals surface area contributed by atoms with Crippen molar-refractivity contribution in [1.29, 1.82) is 0 Å². The summed E-state index contributed by atoms with van der Waals surface area (Å²) in [4.78, 5) is 22.4. The van der Waals surface area contributed by atoms with Crippen LogP contribution in [0, 0.1) is 29.8 Å². The summed E-state index contributed by atoms with van der Waals surface area (Å²) < 4.78 is 15.5. The second kappa shape index (κ2) is 8.79. The number of anilines is 4. The molecule has 0 bridgehead atoms. The Morgan fingerprint density at radius 3 is 1.87 bits per heavy atom. The number of nitrogens with one attached hydrogen (secondary N) is 2. The minimum Gasteiger partial charge on any atom is -0.478 e. The van der Waals surface area contributed by atoms with Crippen LogP contribution in [0.5, 0.6) is 0 Å². The Hall–Kier alpha value is -3.36. The molecule has 0 aliphatic carbocycles. The molecule has 7 nitrogen and oxygen atoms in total. The van der Waals surface area contributed by atoms with E-state index in [0.717, 1.165) is 17.2 Å². The maximum atomic E-state index is 15.5. The molecule has 0 radical (unpaired) electrons. The third-order valence-corrected chi connectivity index (χ3v) is 5.07. The van der Waals surface area contributed by atoms with Crippen LogP contribution < -0.4 is 10.6 Å². The van der Waals surface area contributed by atoms with Gasteiger partial charge >= 0.3 is 5.97 Å². The van der Waals surface area contributed by atoms with E-state index in [-0.39, 0.29) is 21.4 Å². The van der Waals surface area contributed by atoms with Crippen LogP contribution in [0.25, 0.3) is 0 Å². The van der Waals surface area contributed by atoms with Crippen LogP contribution in [-0.4, -0.2) is 16.0 Å². The number of nitro groups is 1. The number of halogens is 3. The van der Waals surface area contributed by atoms with Crippen LogP contribution in [0.4, 0.5) is 32.8 Å². The van der Waals surface area contributed by atoms with Gasteiger partial charge in [0.25, 0.3) is 5.69 Å². The zero-order chi connectivity index (χ0) is 22.9. The summed E-state index contributed by atoms with van der Waals surface area (Å²) in [5, 5.41) is 26.8. The molecule has 3 rings (SSSR count). The van der Waals surface area contributed by atoms with Crippen molar-refractivity contribution in [3.05, 3.63) is 85.1 Å². The number of hydrogen-bond acceptors (Lipinski definition) is 5. The quantitative estimate of drug-likeness (QED) is 0.273. The van der Waals surface area contributed by atoms with Crippen molar-refractivity contribution in [3.8, 4) is 0 Å². The van der Waals surface area contributed by atoms with Gasteiger partial charge in [-0.1, -0.05) is 35.3 Å². The molecular formula is C21H16Cl2FN3O4. The molecule has 0 amide bonds. The Morgan fingerprint density at radius 2 is 1.45 bits per heavy atom. The second-order valence-electron chi connectivity index (χ2n) is 6.79. The number of carboxylic acid groups (broad SMARTS) is 1. The summed E-state index contributed by atoms with van der Waals surface area (Å²) >= 11 is 12.3. The Morgan fingerprint density at radius 1 is 0.968 bits per heavy atom. The fourth-order valence-electron chi connectivity index (χ4n) is 2.90. The van der Waals surface area contributed by atoms with E-state index in [2.05, 4.69) is 10.6 Å². The minimum atomic E-state index is -1.55. The lowest BCUT2D eigenvalue weighted by atomic mass is 10.1. The molecule has 0 aliphatic rings. The van der Waals surface area contributed by atoms with Gasteiger partial charge in [-0.05, 0) is 49.2 Å². The van der Waals surface area contributed by atoms with Gasteiger partial charge in [0.05, 0.1) is 37.6 Å². The molecule has 0 saturated carbocycles. The molecular weight excluding hydrogens is 448 g/mol. The molecule has 3 aromatic carbocycles. The summed E-state index contributed by atoms with van der Waals surface area (Å²) in [5.41, 5.74) is -0.259. The normalized spacial score (nSPS) is 10.6. The lowest BCUT2D eigenvalue weighted by Gasteiger charge is -2.17. The predicted octanol–water partition coefficient (Wildman–Crippen LogP) is 6.84. The largest absolute Gasteiger partial charge is 0.478 e. The number of aryl methyl sites for hydroxylation is 2. The standard InChI is InChI=1S/C21H16Cl2FN3O4/c1-10-3-5-15(13(22)7-10)25-19-12(21(28)29)9-17(27(30)31)20(18(19)24)26-16-6-4-11(2)8-14(16)23/h3-9,25-26H,1-2H3,(H,28,29). The van der Waals surface area contributed by atoms with E-state index < -0.39 is 39.3 Å². The summed E-state index contributed by atoms with van der Waals surface area (Å²) in [6, 6.07) is 10.5. The summed E-state index contributed by atoms with van der Waals surface area (Å²) in [7, 11) is 0. The van der Waals surface area contributed by atoms with Gasteiger partial charge in [-0.2, -0.15) is 0 Å². The number of hydrogen-bond donors (Lipinski definition) is 3. The van der Waals surface area contributed by atoms with Crippen LogP contribution in [-0.2, 0) is 0 Å². The Kier molecular flexibility index (Phi) is 6.33. The highest BCUT2D eigenvalue weighted by atomic mass is 35.5. The maximum absolute atomic E-state index is 15.5. The van der Waals surface area contributed by atoms with Crippen molar-refractivity contribution in [2.75, 3.05) is 10.6 Å². The highest BCUT2D eigenvalue weighted by Gasteiger charge is 2.29. The molecule has 10 heteroatoms. The predicted molar refractivity (Wildman–Crippen MR) is 119 cm³/mol. The third kappa shape index (κ3) is 4.70. The average Bonchev–Trinajstić information content (AvgIpc) is 2.68. The highest BCUT2D eigenvalue weighted by molar-refractivity contribution is 6.33. The van der Waals surface area contributed by atoms with Crippen molar-refractivity contribution in [1.82, 2.24) is 0 Å². The Balaban J connectivity index is 2.20. The van der Waals surface area contributed by atoms with E-state index in [1.807, 2.05) is 0 Å². The van der Waals surface area contributed by atoms with Gasteiger partial charge in [-0.25, -0.2) is 9.18 Å². The van der Waals surface area contributed by atoms with Gasteiger partial charge in [0.2, 0.25) is 0 Å². The molecule has 0 heterocycles. The molecule has 0 aliphatic heterocycles. The van der Waals surface area contributed by atoms with E-state index in [1.54, 1.807) is 44.2 Å². The minimum absolute atomic E-state index is 0.215. The van der Waals surface area contributed by atoms with Gasteiger partial charge in [0.15, 0.2) is 11.5 Å². The zero-order valence-corrected chi connectivity index (χ0v) is 17.8. The zero-order valence-electron chi connectivity index (χ0n) is 16.3. The average molecular weight is 464 g/mol. The van der Waals surface area contributed by atoms with Gasteiger partial charge < -0.3 is 15.7 Å². The lowest BCUT2D eigenvalue weighted by Crippen LogP contribution is -2.10. The molecule has 0 aromatic heterocycles. The molecule has 0 fully saturated rings. The molecule has 3 aromatic rings. The van der Waals surface area contributed by atoms with Crippen LogP contribution in [0.2, 0.25) is 10.0 Å². The van der Waals surface area contributed by atoms with Crippen LogP contribution in [0.3, 0.4) is 0 Å².